The van der Waals surface area contributed by atoms with E-state index in [1.165, 1.54) is 28.3 Å². The zero-order valence-corrected chi connectivity index (χ0v) is 15.0. The van der Waals surface area contributed by atoms with Crippen molar-refractivity contribution in [2.45, 2.75) is 32.0 Å². The number of alkyl halides is 3. The quantitative estimate of drug-likeness (QED) is 0.710. The SMILES string of the molecule is O=C(Nc1nc2c(s1)CCCC2)c1nnn(-c2ccc(OC(F)(F)F)cc2)n1. The number of amides is 1. The first kappa shape index (κ1) is 18.3. The van der Waals surface area contributed by atoms with Crippen molar-refractivity contribution in [1.29, 1.82) is 0 Å². The van der Waals surface area contributed by atoms with Gasteiger partial charge in [0.05, 0.1) is 11.4 Å². The summed E-state index contributed by atoms with van der Waals surface area (Å²) in [6.07, 6.45) is -0.694. The number of carbonyl (C=O) groups excluding carboxylic acids is 1. The second-order valence-electron chi connectivity index (χ2n) is 5.99. The van der Waals surface area contributed by atoms with Crippen molar-refractivity contribution in [2.24, 2.45) is 0 Å². The van der Waals surface area contributed by atoms with E-state index in [1.54, 1.807) is 0 Å². The normalized spacial score (nSPS) is 13.8. The molecule has 3 aromatic rings. The molecule has 1 aliphatic carbocycles. The minimum atomic E-state index is -4.77. The molecule has 146 valence electrons. The molecule has 0 fully saturated rings. The van der Waals surface area contributed by atoms with Crippen LogP contribution in [0, 0.1) is 0 Å². The van der Waals surface area contributed by atoms with Gasteiger partial charge in [0.1, 0.15) is 5.75 Å². The third-order valence-electron chi connectivity index (χ3n) is 3.98. The Morgan fingerprint density at radius 3 is 2.64 bits per heavy atom. The summed E-state index contributed by atoms with van der Waals surface area (Å²) in [5.41, 5.74) is 1.34. The highest BCUT2D eigenvalue weighted by Gasteiger charge is 2.31. The number of hydrogen-bond acceptors (Lipinski definition) is 7. The van der Waals surface area contributed by atoms with Crippen molar-refractivity contribution in [3.63, 3.8) is 0 Å². The van der Waals surface area contributed by atoms with Gasteiger partial charge in [-0.05, 0) is 55.2 Å². The highest BCUT2D eigenvalue weighted by Crippen LogP contribution is 2.29. The first-order valence-corrected chi connectivity index (χ1v) is 9.15. The summed E-state index contributed by atoms with van der Waals surface area (Å²) in [6, 6.07) is 4.87. The van der Waals surface area contributed by atoms with Crippen LogP contribution in [0.4, 0.5) is 18.3 Å². The number of fused-ring (bicyclic) bond motifs is 1. The van der Waals surface area contributed by atoms with Crippen LogP contribution in [0.25, 0.3) is 5.69 Å². The minimum Gasteiger partial charge on any atom is -0.406 e. The number of benzene rings is 1. The van der Waals surface area contributed by atoms with E-state index in [4.69, 9.17) is 0 Å². The van der Waals surface area contributed by atoms with Crippen molar-refractivity contribution < 1.29 is 22.7 Å². The molecule has 0 aliphatic heterocycles. The first-order chi connectivity index (χ1) is 13.4. The summed E-state index contributed by atoms with van der Waals surface area (Å²) >= 11 is 1.44. The smallest absolute Gasteiger partial charge is 0.406 e. The van der Waals surface area contributed by atoms with Gasteiger partial charge in [-0.25, -0.2) is 4.98 Å². The summed E-state index contributed by atoms with van der Waals surface area (Å²) in [7, 11) is 0. The molecule has 0 saturated carbocycles. The summed E-state index contributed by atoms with van der Waals surface area (Å²) in [5.74, 6) is -1.11. The van der Waals surface area contributed by atoms with Crippen molar-refractivity contribution in [2.75, 3.05) is 5.32 Å². The van der Waals surface area contributed by atoms with Crippen molar-refractivity contribution in [1.82, 2.24) is 25.2 Å². The predicted molar refractivity (Wildman–Crippen MR) is 92.5 cm³/mol. The molecule has 0 bridgehead atoms. The maximum atomic E-state index is 12.3. The molecule has 0 unspecified atom stereocenters. The lowest BCUT2D eigenvalue weighted by molar-refractivity contribution is -0.274. The standard InChI is InChI=1S/C16H13F3N6O2S/c17-16(18,19)27-10-7-5-9(6-8-10)25-23-13(22-24-25)14(26)21-15-20-11-3-1-2-4-12(11)28-15/h5-8H,1-4H2,(H,20,21,26). The second-order valence-corrected chi connectivity index (χ2v) is 7.08. The lowest BCUT2D eigenvalue weighted by Gasteiger charge is -2.08. The van der Waals surface area contributed by atoms with Gasteiger partial charge < -0.3 is 4.74 Å². The predicted octanol–water partition coefficient (Wildman–Crippen LogP) is 3.15. The number of aryl methyl sites for hydroxylation is 2. The van der Waals surface area contributed by atoms with E-state index in [9.17, 15) is 18.0 Å². The van der Waals surface area contributed by atoms with Gasteiger partial charge >= 0.3 is 6.36 Å². The van der Waals surface area contributed by atoms with Crippen LogP contribution < -0.4 is 10.1 Å². The average molecular weight is 410 g/mol. The molecular weight excluding hydrogens is 397 g/mol. The number of nitrogens with one attached hydrogen (secondary N) is 1. The lowest BCUT2D eigenvalue weighted by atomic mass is 10.0. The van der Waals surface area contributed by atoms with Crippen LogP contribution in [0.15, 0.2) is 24.3 Å². The molecule has 28 heavy (non-hydrogen) atoms. The van der Waals surface area contributed by atoms with Crippen molar-refractivity contribution in [3.8, 4) is 11.4 Å². The molecule has 1 N–H and O–H groups in total. The Balaban J connectivity index is 1.45. The number of carbonyl (C=O) groups is 1. The van der Waals surface area contributed by atoms with E-state index in [-0.39, 0.29) is 11.6 Å². The fourth-order valence-electron chi connectivity index (χ4n) is 2.75. The molecule has 1 amide bonds. The molecular formula is C16H13F3N6O2S. The van der Waals surface area contributed by atoms with E-state index in [0.29, 0.717) is 10.8 Å². The Bertz CT molecular complexity index is 975. The molecule has 12 heteroatoms. The summed E-state index contributed by atoms with van der Waals surface area (Å²) in [4.78, 5) is 19.0. The van der Waals surface area contributed by atoms with Crippen LogP contribution in [0.2, 0.25) is 0 Å². The molecule has 2 heterocycles. The van der Waals surface area contributed by atoms with Gasteiger partial charge in [-0.15, -0.1) is 39.5 Å². The Labute approximate surface area is 160 Å². The van der Waals surface area contributed by atoms with E-state index in [2.05, 4.69) is 30.4 Å². The number of nitrogens with zero attached hydrogens (tertiary/aromatic N) is 5. The number of ether oxygens (including phenoxy) is 1. The lowest BCUT2D eigenvalue weighted by Crippen LogP contribution is -2.17. The molecule has 2 aromatic heterocycles. The van der Waals surface area contributed by atoms with Crippen LogP contribution in [0.5, 0.6) is 5.75 Å². The van der Waals surface area contributed by atoms with E-state index in [1.807, 2.05) is 0 Å². The minimum absolute atomic E-state index is 0.177. The zero-order chi connectivity index (χ0) is 19.7. The molecule has 0 spiro atoms. The van der Waals surface area contributed by atoms with Gasteiger partial charge in [-0.2, -0.15) is 0 Å². The molecule has 0 saturated heterocycles. The number of aromatic nitrogens is 5. The van der Waals surface area contributed by atoms with Crippen LogP contribution in [-0.4, -0.2) is 37.5 Å². The highest BCUT2D eigenvalue weighted by molar-refractivity contribution is 7.15. The van der Waals surface area contributed by atoms with E-state index >= 15 is 0 Å². The molecule has 4 rings (SSSR count). The highest BCUT2D eigenvalue weighted by atomic mass is 32.1. The Kier molecular flexibility index (Phi) is 4.71. The molecule has 0 atom stereocenters. The van der Waals surface area contributed by atoms with Crippen LogP contribution in [0.3, 0.4) is 0 Å². The van der Waals surface area contributed by atoms with Gasteiger partial charge in [0.2, 0.25) is 0 Å². The number of rotatable bonds is 4. The number of hydrogen-bond donors (Lipinski definition) is 1. The Hall–Kier alpha value is -3.02. The van der Waals surface area contributed by atoms with E-state index < -0.39 is 12.3 Å². The molecule has 8 nitrogen and oxygen atoms in total. The number of tetrazole rings is 1. The third-order valence-corrected chi connectivity index (χ3v) is 5.06. The van der Waals surface area contributed by atoms with Gasteiger partial charge in [0.25, 0.3) is 11.7 Å². The number of thiazole rings is 1. The van der Waals surface area contributed by atoms with Gasteiger partial charge in [-0.3, -0.25) is 10.1 Å². The average Bonchev–Trinajstić information content (AvgIpc) is 3.27. The summed E-state index contributed by atoms with van der Waals surface area (Å²) in [5, 5.41) is 14.5. The van der Waals surface area contributed by atoms with Crippen LogP contribution in [0.1, 0.15) is 34.0 Å². The fraction of sp³-hybridized carbons (Fsp3) is 0.312. The topological polar surface area (TPSA) is 94.8 Å². The Morgan fingerprint density at radius 1 is 1.18 bits per heavy atom. The molecule has 1 aromatic carbocycles. The zero-order valence-electron chi connectivity index (χ0n) is 14.2. The Morgan fingerprint density at radius 2 is 1.93 bits per heavy atom. The largest absolute Gasteiger partial charge is 0.573 e. The number of halogens is 3. The van der Waals surface area contributed by atoms with Crippen molar-refractivity contribution >= 4 is 22.4 Å². The van der Waals surface area contributed by atoms with Gasteiger partial charge in [0, 0.05) is 4.88 Å². The first-order valence-electron chi connectivity index (χ1n) is 8.33. The van der Waals surface area contributed by atoms with Gasteiger partial charge in [-0.1, -0.05) is 0 Å². The molecule has 0 radical (unpaired) electrons. The van der Waals surface area contributed by atoms with Crippen LogP contribution >= 0.6 is 11.3 Å². The van der Waals surface area contributed by atoms with Crippen LogP contribution in [-0.2, 0) is 12.8 Å². The van der Waals surface area contributed by atoms with E-state index in [0.717, 1.165) is 48.3 Å². The maximum Gasteiger partial charge on any atom is 0.573 e. The third kappa shape index (κ3) is 4.11. The maximum absolute atomic E-state index is 12.3. The monoisotopic (exact) mass is 410 g/mol. The second kappa shape index (κ2) is 7.19. The number of anilines is 1. The van der Waals surface area contributed by atoms with Gasteiger partial charge in [0.15, 0.2) is 5.13 Å². The van der Waals surface area contributed by atoms with Crippen molar-refractivity contribution in [3.05, 3.63) is 40.7 Å². The molecule has 1 aliphatic rings. The fourth-order valence-corrected chi connectivity index (χ4v) is 3.80. The summed E-state index contributed by atoms with van der Waals surface area (Å²) < 4.78 is 40.4. The summed E-state index contributed by atoms with van der Waals surface area (Å²) in [6.45, 7) is 0.